The average molecular weight is 506 g/mol. The first-order valence-corrected chi connectivity index (χ1v) is 13.3. The Hall–Kier alpha value is -3.81. The van der Waals surface area contributed by atoms with Crippen LogP contribution in [-0.4, -0.2) is 51.6 Å². The predicted molar refractivity (Wildman–Crippen MR) is 148 cm³/mol. The summed E-state index contributed by atoms with van der Waals surface area (Å²) in [5, 5.41) is 0.928. The Bertz CT molecular complexity index is 1550. The summed E-state index contributed by atoms with van der Waals surface area (Å²) in [7, 11) is 0. The van der Waals surface area contributed by atoms with Crippen molar-refractivity contribution in [2.24, 2.45) is 0 Å². The molecule has 7 heteroatoms. The lowest BCUT2D eigenvalue weighted by Gasteiger charge is -2.40. The zero-order valence-corrected chi connectivity index (χ0v) is 21.8. The van der Waals surface area contributed by atoms with Crippen molar-refractivity contribution in [1.29, 1.82) is 0 Å². The number of rotatable bonds is 4. The van der Waals surface area contributed by atoms with Crippen molar-refractivity contribution in [3.8, 4) is 0 Å². The van der Waals surface area contributed by atoms with Crippen molar-refractivity contribution in [3.63, 3.8) is 0 Å². The first kappa shape index (κ1) is 23.3. The molecule has 38 heavy (non-hydrogen) atoms. The van der Waals surface area contributed by atoms with Gasteiger partial charge in [0, 0.05) is 38.2 Å². The van der Waals surface area contributed by atoms with Crippen LogP contribution in [0.15, 0.2) is 77.5 Å². The molecule has 0 amide bonds. The topological polar surface area (TPSA) is 67.5 Å². The van der Waals surface area contributed by atoms with Crippen LogP contribution in [0.5, 0.6) is 0 Å². The van der Waals surface area contributed by atoms with E-state index in [0.717, 1.165) is 60.6 Å². The Morgan fingerprint density at radius 3 is 2.24 bits per heavy atom. The fraction of sp³-hybridized carbons (Fsp3) is 0.323. The zero-order chi connectivity index (χ0) is 25.7. The minimum atomic E-state index is -0.221. The highest BCUT2D eigenvalue weighted by atomic mass is 16.5. The lowest BCUT2D eigenvalue weighted by Crippen LogP contribution is -2.48. The van der Waals surface area contributed by atoms with Crippen LogP contribution in [-0.2, 0) is 17.8 Å². The monoisotopic (exact) mass is 505 g/mol. The number of pyridine rings is 1. The van der Waals surface area contributed by atoms with Crippen LogP contribution in [0.2, 0.25) is 0 Å². The van der Waals surface area contributed by atoms with Crippen molar-refractivity contribution in [2.75, 3.05) is 31.1 Å². The quantitative estimate of drug-likeness (QED) is 0.318. The smallest absolute Gasteiger partial charge is 0.229 e. The van der Waals surface area contributed by atoms with Gasteiger partial charge in [-0.05, 0) is 31.0 Å². The SMILES string of the molecule is CC1(C)Cc2nc3oc4c(N5CCN(C(c6ccccc6)c6ccccc6)CC5)ncnc4c3cc2CO1. The Kier molecular flexibility index (Phi) is 5.64. The van der Waals surface area contributed by atoms with E-state index in [-0.39, 0.29) is 11.6 Å². The summed E-state index contributed by atoms with van der Waals surface area (Å²) < 4.78 is 12.4. The normalized spacial score (nSPS) is 17.8. The predicted octanol–water partition coefficient (Wildman–Crippen LogP) is 5.53. The molecule has 2 aliphatic rings. The largest absolute Gasteiger partial charge is 0.432 e. The third-order valence-electron chi connectivity index (χ3n) is 7.82. The molecular weight excluding hydrogens is 474 g/mol. The highest BCUT2D eigenvalue weighted by Crippen LogP contribution is 2.36. The van der Waals surface area contributed by atoms with E-state index in [1.807, 2.05) is 0 Å². The fourth-order valence-electron chi connectivity index (χ4n) is 5.88. The maximum absolute atomic E-state index is 6.35. The molecule has 0 atom stereocenters. The van der Waals surface area contributed by atoms with Gasteiger partial charge in [0.15, 0.2) is 11.4 Å². The van der Waals surface area contributed by atoms with Crippen molar-refractivity contribution in [3.05, 3.63) is 95.4 Å². The molecule has 0 spiro atoms. The molecule has 0 N–H and O–H groups in total. The first-order valence-electron chi connectivity index (χ1n) is 13.3. The molecule has 5 heterocycles. The molecule has 2 aliphatic heterocycles. The number of nitrogens with zero attached hydrogens (tertiary/aromatic N) is 5. The summed E-state index contributed by atoms with van der Waals surface area (Å²) in [4.78, 5) is 19.1. The van der Waals surface area contributed by atoms with Crippen LogP contribution in [0.25, 0.3) is 22.2 Å². The third kappa shape index (κ3) is 4.12. The molecule has 7 nitrogen and oxygen atoms in total. The average Bonchev–Trinajstić information content (AvgIpc) is 3.31. The number of hydrogen-bond donors (Lipinski definition) is 0. The summed E-state index contributed by atoms with van der Waals surface area (Å²) in [6.07, 6.45) is 2.41. The van der Waals surface area contributed by atoms with Crippen LogP contribution in [0.1, 0.15) is 42.3 Å². The molecular formula is C31H31N5O2. The van der Waals surface area contributed by atoms with Gasteiger partial charge in [-0.2, -0.15) is 0 Å². The summed E-state index contributed by atoms with van der Waals surface area (Å²) in [6.45, 7) is 8.30. The van der Waals surface area contributed by atoms with Gasteiger partial charge in [-0.3, -0.25) is 4.90 Å². The van der Waals surface area contributed by atoms with Crippen molar-refractivity contribution in [1.82, 2.24) is 19.9 Å². The summed E-state index contributed by atoms with van der Waals surface area (Å²) in [5.74, 6) is 0.846. The maximum Gasteiger partial charge on any atom is 0.229 e. The number of anilines is 1. The molecule has 0 bridgehead atoms. The third-order valence-corrected chi connectivity index (χ3v) is 7.82. The second-order valence-corrected chi connectivity index (χ2v) is 10.9. The number of fused-ring (bicyclic) bond motifs is 4. The zero-order valence-electron chi connectivity index (χ0n) is 21.8. The second kappa shape index (κ2) is 9.19. The van der Waals surface area contributed by atoms with Gasteiger partial charge in [-0.1, -0.05) is 60.7 Å². The van der Waals surface area contributed by atoms with Crippen molar-refractivity contribution in [2.45, 2.75) is 38.5 Å². The van der Waals surface area contributed by atoms with Gasteiger partial charge in [-0.15, -0.1) is 0 Å². The Balaban J connectivity index is 1.19. The van der Waals surface area contributed by atoms with Crippen LogP contribution < -0.4 is 4.90 Å². The van der Waals surface area contributed by atoms with E-state index in [1.54, 1.807) is 6.33 Å². The summed E-state index contributed by atoms with van der Waals surface area (Å²) in [5.41, 5.74) is 6.73. The molecule has 1 saturated heterocycles. The number of furan rings is 1. The molecule has 192 valence electrons. The molecule has 0 unspecified atom stereocenters. The minimum Gasteiger partial charge on any atom is -0.432 e. The molecule has 0 aliphatic carbocycles. The van der Waals surface area contributed by atoms with E-state index in [0.29, 0.717) is 17.9 Å². The number of hydrogen-bond acceptors (Lipinski definition) is 7. The Morgan fingerprint density at radius 2 is 1.55 bits per heavy atom. The van der Waals surface area contributed by atoms with Crippen molar-refractivity contribution >= 4 is 28.0 Å². The van der Waals surface area contributed by atoms with Gasteiger partial charge in [0.05, 0.1) is 29.3 Å². The lowest BCUT2D eigenvalue weighted by molar-refractivity contribution is -0.0411. The number of piperazine rings is 1. The first-order chi connectivity index (χ1) is 18.6. The highest BCUT2D eigenvalue weighted by Gasteiger charge is 2.31. The lowest BCUT2D eigenvalue weighted by atomic mass is 9.95. The maximum atomic E-state index is 6.35. The highest BCUT2D eigenvalue weighted by molar-refractivity contribution is 6.04. The van der Waals surface area contributed by atoms with Gasteiger partial charge in [-0.25, -0.2) is 15.0 Å². The minimum absolute atomic E-state index is 0.221. The van der Waals surface area contributed by atoms with Gasteiger partial charge >= 0.3 is 0 Å². The van der Waals surface area contributed by atoms with E-state index in [9.17, 15) is 0 Å². The fourth-order valence-corrected chi connectivity index (χ4v) is 5.88. The van der Waals surface area contributed by atoms with Crippen LogP contribution in [0.4, 0.5) is 5.82 Å². The van der Waals surface area contributed by atoms with Gasteiger partial charge in [0.2, 0.25) is 5.71 Å². The van der Waals surface area contributed by atoms with E-state index in [1.165, 1.54) is 11.1 Å². The van der Waals surface area contributed by atoms with Crippen LogP contribution >= 0.6 is 0 Å². The van der Waals surface area contributed by atoms with E-state index >= 15 is 0 Å². The number of aromatic nitrogens is 3. The van der Waals surface area contributed by atoms with Gasteiger partial charge < -0.3 is 14.1 Å². The summed E-state index contributed by atoms with van der Waals surface area (Å²) in [6, 6.07) is 23.9. The Labute approximate surface area is 222 Å². The molecule has 2 aromatic carbocycles. The molecule has 1 fully saturated rings. The number of ether oxygens (including phenoxy) is 1. The van der Waals surface area contributed by atoms with Crippen LogP contribution in [0.3, 0.4) is 0 Å². The number of benzene rings is 2. The van der Waals surface area contributed by atoms with E-state index in [2.05, 4.69) is 100 Å². The van der Waals surface area contributed by atoms with E-state index in [4.69, 9.17) is 14.1 Å². The summed E-state index contributed by atoms with van der Waals surface area (Å²) >= 11 is 0. The van der Waals surface area contributed by atoms with Crippen molar-refractivity contribution < 1.29 is 9.15 Å². The molecule has 0 saturated carbocycles. The van der Waals surface area contributed by atoms with E-state index < -0.39 is 0 Å². The Morgan fingerprint density at radius 1 is 0.868 bits per heavy atom. The standard InChI is InChI=1S/C31H31N5O2/c1-31(2)18-25-23(19-37-31)17-24-26-28(38-30(24)34-25)29(33-20-32-26)36-15-13-35(14-16-36)27(21-9-5-3-6-10-21)22-11-7-4-8-12-22/h3-12,17,20,27H,13-16,18-19H2,1-2H3. The van der Waals surface area contributed by atoms with Gasteiger partial charge in [0.25, 0.3) is 0 Å². The second-order valence-electron chi connectivity index (χ2n) is 10.9. The molecule has 7 rings (SSSR count). The van der Waals surface area contributed by atoms with Gasteiger partial charge in [0.1, 0.15) is 11.8 Å². The molecule has 0 radical (unpaired) electrons. The van der Waals surface area contributed by atoms with Crippen LogP contribution in [0, 0.1) is 0 Å². The molecule has 3 aromatic heterocycles. The molecule has 5 aromatic rings.